The summed E-state index contributed by atoms with van der Waals surface area (Å²) in [5, 5.41) is 0. The van der Waals surface area contributed by atoms with E-state index in [0.29, 0.717) is 19.1 Å². The molecular weight excluding hydrogens is 228 g/mol. The number of rotatable bonds is 4. The van der Waals surface area contributed by atoms with Gasteiger partial charge in [-0.2, -0.15) is 0 Å². The van der Waals surface area contributed by atoms with Crippen molar-refractivity contribution in [2.75, 3.05) is 20.3 Å². The molecule has 0 bridgehead atoms. The molecular formula is C14H24N2O2. The minimum absolute atomic E-state index is 0.0668. The first-order chi connectivity index (χ1) is 8.74. The normalized spacial score (nSPS) is 26.6. The van der Waals surface area contributed by atoms with Crippen LogP contribution in [-0.2, 0) is 9.53 Å². The smallest absolute Gasteiger partial charge is 0.240 e. The van der Waals surface area contributed by atoms with Gasteiger partial charge in [0.05, 0.1) is 18.7 Å². The summed E-state index contributed by atoms with van der Waals surface area (Å²) in [6.07, 6.45) is 9.97. The van der Waals surface area contributed by atoms with Gasteiger partial charge in [-0.15, -0.1) is 0 Å². The van der Waals surface area contributed by atoms with Gasteiger partial charge >= 0.3 is 0 Å². The van der Waals surface area contributed by atoms with Gasteiger partial charge in [0, 0.05) is 13.7 Å². The van der Waals surface area contributed by atoms with Crippen LogP contribution in [0, 0.1) is 5.92 Å². The summed E-state index contributed by atoms with van der Waals surface area (Å²) >= 11 is 0. The summed E-state index contributed by atoms with van der Waals surface area (Å²) in [5.74, 6) is 0.462. The molecule has 2 rings (SSSR count). The van der Waals surface area contributed by atoms with Gasteiger partial charge in [-0.05, 0) is 18.8 Å². The lowest BCUT2D eigenvalue weighted by Gasteiger charge is -2.32. The molecule has 0 aromatic rings. The van der Waals surface area contributed by atoms with Crippen molar-refractivity contribution in [3.05, 3.63) is 12.2 Å². The fraction of sp³-hybridized carbons (Fsp3) is 0.786. The van der Waals surface area contributed by atoms with Crippen LogP contribution in [0.3, 0.4) is 0 Å². The van der Waals surface area contributed by atoms with Crippen molar-refractivity contribution in [1.29, 1.82) is 0 Å². The molecule has 0 radical (unpaired) electrons. The third kappa shape index (κ3) is 2.93. The van der Waals surface area contributed by atoms with E-state index in [0.717, 1.165) is 12.8 Å². The van der Waals surface area contributed by atoms with E-state index in [1.54, 1.807) is 7.11 Å². The Morgan fingerprint density at radius 1 is 1.44 bits per heavy atom. The van der Waals surface area contributed by atoms with E-state index in [1.807, 2.05) is 17.1 Å². The minimum Gasteiger partial charge on any atom is -0.382 e. The van der Waals surface area contributed by atoms with E-state index >= 15 is 0 Å². The third-order valence-electron chi connectivity index (χ3n) is 4.12. The Hall–Kier alpha value is -0.870. The quantitative estimate of drug-likeness (QED) is 0.767. The van der Waals surface area contributed by atoms with Crippen LogP contribution in [0.2, 0.25) is 0 Å². The molecule has 0 aromatic heterocycles. The van der Waals surface area contributed by atoms with Crippen LogP contribution in [0.1, 0.15) is 32.1 Å². The van der Waals surface area contributed by atoms with Crippen LogP contribution in [0.15, 0.2) is 12.2 Å². The predicted octanol–water partition coefficient (Wildman–Crippen LogP) is 1.31. The lowest BCUT2D eigenvalue weighted by Crippen LogP contribution is -2.51. The van der Waals surface area contributed by atoms with Crippen LogP contribution in [-0.4, -0.2) is 43.2 Å². The van der Waals surface area contributed by atoms with Crippen LogP contribution < -0.4 is 5.73 Å². The number of nitrogens with zero attached hydrogens (tertiary/aromatic N) is 1. The lowest BCUT2D eigenvalue weighted by atomic mass is 9.83. The molecule has 2 N–H and O–H groups in total. The largest absolute Gasteiger partial charge is 0.382 e. The Morgan fingerprint density at radius 3 is 2.83 bits per heavy atom. The van der Waals surface area contributed by atoms with Gasteiger partial charge in [0.2, 0.25) is 5.91 Å². The zero-order valence-corrected chi connectivity index (χ0v) is 11.2. The summed E-state index contributed by atoms with van der Waals surface area (Å²) in [7, 11) is 1.66. The van der Waals surface area contributed by atoms with Crippen molar-refractivity contribution in [1.82, 2.24) is 4.90 Å². The number of ether oxygens (including phenoxy) is 1. The van der Waals surface area contributed by atoms with E-state index < -0.39 is 0 Å². The highest BCUT2D eigenvalue weighted by Crippen LogP contribution is 2.27. The maximum atomic E-state index is 12.4. The molecule has 2 atom stereocenters. The Bertz CT molecular complexity index is 311. The molecule has 1 unspecified atom stereocenters. The molecule has 4 nitrogen and oxygen atoms in total. The van der Waals surface area contributed by atoms with E-state index in [2.05, 4.69) is 0 Å². The molecule has 0 spiro atoms. The van der Waals surface area contributed by atoms with Crippen molar-refractivity contribution >= 4 is 5.91 Å². The van der Waals surface area contributed by atoms with Gasteiger partial charge < -0.3 is 15.4 Å². The number of methoxy groups -OCH3 is 1. The van der Waals surface area contributed by atoms with Crippen molar-refractivity contribution in [2.24, 2.45) is 11.7 Å². The molecule has 1 amide bonds. The molecule has 1 aliphatic carbocycles. The molecule has 4 heteroatoms. The number of nitrogens with two attached hydrogens (primary N) is 1. The minimum atomic E-state index is -0.329. The van der Waals surface area contributed by atoms with Crippen LogP contribution in [0.5, 0.6) is 0 Å². The number of hydrogen-bond donors (Lipinski definition) is 1. The Balaban J connectivity index is 1.93. The Morgan fingerprint density at radius 2 is 2.17 bits per heavy atom. The lowest BCUT2D eigenvalue weighted by molar-refractivity contribution is -0.135. The summed E-state index contributed by atoms with van der Waals surface area (Å²) in [5.41, 5.74) is 6.17. The fourth-order valence-electron chi connectivity index (χ4n) is 3.03. The molecule has 1 fully saturated rings. The van der Waals surface area contributed by atoms with E-state index in [4.69, 9.17) is 10.5 Å². The SMILES string of the molecule is COC[C@@H]1C=CCN1C(=O)C(N)C1CCCCC1. The summed E-state index contributed by atoms with van der Waals surface area (Å²) in [6.45, 7) is 1.23. The van der Waals surface area contributed by atoms with Crippen molar-refractivity contribution in [3.8, 4) is 0 Å². The monoisotopic (exact) mass is 252 g/mol. The molecule has 1 aliphatic heterocycles. The molecule has 102 valence electrons. The average Bonchev–Trinajstić information content (AvgIpc) is 2.87. The molecule has 2 aliphatic rings. The second-order valence-electron chi connectivity index (χ2n) is 5.37. The second-order valence-corrected chi connectivity index (χ2v) is 5.37. The highest BCUT2D eigenvalue weighted by molar-refractivity contribution is 5.83. The number of hydrogen-bond acceptors (Lipinski definition) is 3. The summed E-state index contributed by atoms with van der Waals surface area (Å²) < 4.78 is 5.15. The summed E-state index contributed by atoms with van der Waals surface area (Å²) in [4.78, 5) is 14.3. The maximum absolute atomic E-state index is 12.4. The number of carbonyl (C=O) groups is 1. The average molecular weight is 252 g/mol. The van der Waals surface area contributed by atoms with Gasteiger partial charge in [-0.3, -0.25) is 4.79 Å². The van der Waals surface area contributed by atoms with E-state index in [1.165, 1.54) is 19.3 Å². The second kappa shape index (κ2) is 6.34. The van der Waals surface area contributed by atoms with Crippen molar-refractivity contribution in [3.63, 3.8) is 0 Å². The third-order valence-corrected chi connectivity index (χ3v) is 4.12. The first kappa shape index (κ1) is 13.6. The van der Waals surface area contributed by atoms with Crippen molar-refractivity contribution < 1.29 is 9.53 Å². The van der Waals surface area contributed by atoms with Gasteiger partial charge in [-0.1, -0.05) is 31.4 Å². The molecule has 1 saturated carbocycles. The standard InChI is InChI=1S/C14H24N2O2/c1-18-10-12-8-5-9-16(12)14(17)13(15)11-6-3-2-4-7-11/h5,8,11-13H,2-4,6-7,9-10,15H2,1H3/t12-,13?/m0/s1. The van der Waals surface area contributed by atoms with Gasteiger partial charge in [0.25, 0.3) is 0 Å². The number of carbonyl (C=O) groups excluding carboxylic acids is 1. The fourth-order valence-corrected chi connectivity index (χ4v) is 3.03. The number of amides is 1. The van der Waals surface area contributed by atoms with E-state index in [9.17, 15) is 4.79 Å². The zero-order chi connectivity index (χ0) is 13.0. The molecule has 0 saturated heterocycles. The highest BCUT2D eigenvalue weighted by Gasteiger charge is 2.33. The van der Waals surface area contributed by atoms with E-state index in [-0.39, 0.29) is 18.0 Å². The van der Waals surface area contributed by atoms with Crippen LogP contribution >= 0.6 is 0 Å². The topological polar surface area (TPSA) is 55.6 Å². The van der Waals surface area contributed by atoms with Crippen molar-refractivity contribution in [2.45, 2.75) is 44.2 Å². The summed E-state index contributed by atoms with van der Waals surface area (Å²) in [6, 6.07) is -0.262. The predicted molar refractivity (Wildman–Crippen MR) is 71.1 cm³/mol. The zero-order valence-electron chi connectivity index (χ0n) is 11.2. The Labute approximate surface area is 109 Å². The maximum Gasteiger partial charge on any atom is 0.240 e. The highest BCUT2D eigenvalue weighted by atomic mass is 16.5. The molecule has 18 heavy (non-hydrogen) atoms. The molecule has 0 aromatic carbocycles. The van der Waals surface area contributed by atoms with Gasteiger partial charge in [0.1, 0.15) is 0 Å². The van der Waals surface area contributed by atoms with Crippen LogP contribution in [0.4, 0.5) is 0 Å². The van der Waals surface area contributed by atoms with Crippen LogP contribution in [0.25, 0.3) is 0 Å². The Kier molecular flexibility index (Phi) is 4.78. The van der Waals surface area contributed by atoms with Gasteiger partial charge in [-0.25, -0.2) is 0 Å². The first-order valence-electron chi connectivity index (χ1n) is 6.95. The van der Waals surface area contributed by atoms with Gasteiger partial charge in [0.15, 0.2) is 0 Å². The first-order valence-corrected chi connectivity index (χ1v) is 6.95. The molecule has 1 heterocycles.